The predicted octanol–water partition coefficient (Wildman–Crippen LogP) is 2.71. The molecule has 2 aromatic heterocycles. The molecule has 8 heteroatoms. The Balaban J connectivity index is 1.70. The largest absolute Gasteiger partial charge is 0.493 e. The standard InChI is InChI=1S/C20H25N5O3/c1-4-24(5-2)10-11-28-18-13-16(6-7-17(18)27-3)22-20(26)15-8-9-25-14-21-23-19(25)12-15/h6-9,12-14H,4-5,10-11H2,1-3H3,(H,22,26). The number of fused-ring (bicyclic) bond motifs is 1. The summed E-state index contributed by atoms with van der Waals surface area (Å²) in [5, 5.41) is 10.7. The van der Waals surface area contributed by atoms with E-state index in [1.54, 1.807) is 54.4 Å². The zero-order valence-electron chi connectivity index (χ0n) is 16.4. The molecule has 148 valence electrons. The molecular weight excluding hydrogens is 358 g/mol. The smallest absolute Gasteiger partial charge is 0.255 e. The second-order valence-corrected chi connectivity index (χ2v) is 6.21. The summed E-state index contributed by atoms with van der Waals surface area (Å²) in [6.45, 7) is 7.56. The molecule has 0 bridgehead atoms. The van der Waals surface area contributed by atoms with E-state index in [0.29, 0.717) is 35.0 Å². The first-order valence-corrected chi connectivity index (χ1v) is 9.28. The highest BCUT2D eigenvalue weighted by Crippen LogP contribution is 2.30. The molecule has 28 heavy (non-hydrogen) atoms. The van der Waals surface area contributed by atoms with Gasteiger partial charge in [-0.25, -0.2) is 0 Å². The molecule has 0 unspecified atom stereocenters. The normalized spacial score (nSPS) is 11.0. The number of hydrogen-bond donors (Lipinski definition) is 1. The van der Waals surface area contributed by atoms with Gasteiger partial charge in [0, 0.05) is 30.1 Å². The lowest BCUT2D eigenvalue weighted by atomic mass is 10.2. The number of anilines is 1. The lowest BCUT2D eigenvalue weighted by molar-refractivity contribution is 0.102. The van der Waals surface area contributed by atoms with E-state index < -0.39 is 0 Å². The molecule has 1 N–H and O–H groups in total. The molecule has 0 aliphatic carbocycles. The van der Waals surface area contributed by atoms with Crippen LogP contribution >= 0.6 is 0 Å². The van der Waals surface area contributed by atoms with Crippen LogP contribution in [-0.4, -0.2) is 58.8 Å². The van der Waals surface area contributed by atoms with Crippen LogP contribution in [-0.2, 0) is 0 Å². The molecule has 0 aliphatic heterocycles. The van der Waals surface area contributed by atoms with Crippen LogP contribution in [0.25, 0.3) is 5.65 Å². The molecule has 0 spiro atoms. The summed E-state index contributed by atoms with van der Waals surface area (Å²) in [5.41, 5.74) is 1.74. The van der Waals surface area contributed by atoms with Gasteiger partial charge in [-0.2, -0.15) is 0 Å². The number of nitrogens with one attached hydrogen (secondary N) is 1. The molecule has 3 rings (SSSR count). The van der Waals surface area contributed by atoms with Crippen molar-refractivity contribution in [3.05, 3.63) is 48.4 Å². The minimum absolute atomic E-state index is 0.232. The second-order valence-electron chi connectivity index (χ2n) is 6.21. The Kier molecular flexibility index (Phi) is 6.44. The van der Waals surface area contributed by atoms with Crippen molar-refractivity contribution >= 4 is 17.2 Å². The molecule has 0 fully saturated rings. The van der Waals surface area contributed by atoms with Crippen molar-refractivity contribution in [3.8, 4) is 11.5 Å². The second kappa shape index (κ2) is 9.18. The van der Waals surface area contributed by atoms with Gasteiger partial charge in [-0.3, -0.25) is 9.20 Å². The number of benzene rings is 1. The third kappa shape index (κ3) is 4.58. The van der Waals surface area contributed by atoms with Crippen molar-refractivity contribution in [2.45, 2.75) is 13.8 Å². The van der Waals surface area contributed by atoms with Crippen molar-refractivity contribution < 1.29 is 14.3 Å². The zero-order chi connectivity index (χ0) is 19.9. The Labute approximate surface area is 164 Å². The molecule has 1 amide bonds. The van der Waals surface area contributed by atoms with Gasteiger partial charge in [-0.1, -0.05) is 13.8 Å². The Hall–Kier alpha value is -3.13. The minimum atomic E-state index is -0.232. The average Bonchev–Trinajstić information content (AvgIpc) is 3.19. The van der Waals surface area contributed by atoms with E-state index in [1.165, 1.54) is 0 Å². The highest BCUT2D eigenvalue weighted by atomic mass is 16.5. The van der Waals surface area contributed by atoms with E-state index >= 15 is 0 Å². The number of amides is 1. The van der Waals surface area contributed by atoms with Crippen LogP contribution in [0, 0.1) is 0 Å². The Morgan fingerprint density at radius 2 is 2.00 bits per heavy atom. The van der Waals surface area contributed by atoms with E-state index in [0.717, 1.165) is 19.6 Å². The van der Waals surface area contributed by atoms with Crippen LogP contribution in [0.1, 0.15) is 24.2 Å². The molecule has 1 aromatic carbocycles. The number of methoxy groups -OCH3 is 1. The summed E-state index contributed by atoms with van der Waals surface area (Å²) in [6, 6.07) is 8.74. The monoisotopic (exact) mass is 383 g/mol. The van der Waals surface area contributed by atoms with Crippen LogP contribution in [0.4, 0.5) is 5.69 Å². The van der Waals surface area contributed by atoms with Crippen molar-refractivity contribution in [2.75, 3.05) is 38.7 Å². The summed E-state index contributed by atoms with van der Waals surface area (Å²) >= 11 is 0. The summed E-state index contributed by atoms with van der Waals surface area (Å²) in [7, 11) is 1.60. The number of hydrogen-bond acceptors (Lipinski definition) is 6. The van der Waals surface area contributed by atoms with Crippen LogP contribution in [0.2, 0.25) is 0 Å². The maximum atomic E-state index is 12.6. The van der Waals surface area contributed by atoms with Crippen molar-refractivity contribution in [1.29, 1.82) is 0 Å². The van der Waals surface area contributed by atoms with E-state index in [4.69, 9.17) is 9.47 Å². The van der Waals surface area contributed by atoms with Crippen molar-refractivity contribution in [2.24, 2.45) is 0 Å². The summed E-state index contributed by atoms with van der Waals surface area (Å²) in [4.78, 5) is 14.9. The fourth-order valence-electron chi connectivity index (χ4n) is 2.85. The summed E-state index contributed by atoms with van der Waals surface area (Å²) < 4.78 is 13.0. The van der Waals surface area contributed by atoms with Gasteiger partial charge in [-0.05, 0) is 37.4 Å². The molecule has 0 aliphatic rings. The molecule has 3 aromatic rings. The number of carbonyl (C=O) groups is 1. The zero-order valence-corrected chi connectivity index (χ0v) is 16.4. The number of rotatable bonds is 9. The van der Waals surface area contributed by atoms with Gasteiger partial charge in [-0.15, -0.1) is 10.2 Å². The van der Waals surface area contributed by atoms with E-state index in [-0.39, 0.29) is 5.91 Å². The SMILES string of the molecule is CCN(CC)CCOc1cc(NC(=O)c2ccn3cnnc3c2)ccc1OC. The third-order valence-electron chi connectivity index (χ3n) is 4.54. The molecule has 0 saturated carbocycles. The molecule has 8 nitrogen and oxygen atoms in total. The van der Waals surface area contributed by atoms with E-state index in [2.05, 4.69) is 34.3 Å². The lowest BCUT2D eigenvalue weighted by Crippen LogP contribution is -2.28. The van der Waals surface area contributed by atoms with Crippen molar-refractivity contribution in [3.63, 3.8) is 0 Å². The van der Waals surface area contributed by atoms with Crippen LogP contribution in [0.15, 0.2) is 42.9 Å². The number of nitrogens with zero attached hydrogens (tertiary/aromatic N) is 4. The molecule has 2 heterocycles. The first-order valence-electron chi connectivity index (χ1n) is 9.28. The number of aromatic nitrogens is 3. The van der Waals surface area contributed by atoms with Gasteiger partial charge >= 0.3 is 0 Å². The summed E-state index contributed by atoms with van der Waals surface area (Å²) in [5.74, 6) is 0.993. The lowest BCUT2D eigenvalue weighted by Gasteiger charge is -2.19. The topological polar surface area (TPSA) is 81.0 Å². The molecule has 0 radical (unpaired) electrons. The van der Waals surface area contributed by atoms with Crippen LogP contribution in [0.5, 0.6) is 11.5 Å². The maximum Gasteiger partial charge on any atom is 0.255 e. The Bertz CT molecular complexity index is 936. The first-order chi connectivity index (χ1) is 13.6. The molecular formula is C20H25N5O3. The number of ether oxygens (including phenoxy) is 2. The van der Waals surface area contributed by atoms with Gasteiger partial charge in [0.25, 0.3) is 5.91 Å². The minimum Gasteiger partial charge on any atom is -0.493 e. The first kappa shape index (κ1) is 19.6. The summed E-state index contributed by atoms with van der Waals surface area (Å²) in [6.07, 6.45) is 3.34. The van der Waals surface area contributed by atoms with E-state index in [1.807, 2.05) is 0 Å². The average molecular weight is 383 g/mol. The fraction of sp³-hybridized carbons (Fsp3) is 0.350. The van der Waals surface area contributed by atoms with Crippen molar-refractivity contribution in [1.82, 2.24) is 19.5 Å². The highest BCUT2D eigenvalue weighted by molar-refractivity contribution is 6.04. The third-order valence-corrected chi connectivity index (χ3v) is 4.54. The number of likely N-dealkylation sites (N-methyl/N-ethyl adjacent to an activating group) is 1. The fourth-order valence-corrected chi connectivity index (χ4v) is 2.85. The van der Waals surface area contributed by atoms with Gasteiger partial charge in [0.1, 0.15) is 12.9 Å². The molecule has 0 atom stereocenters. The Morgan fingerprint density at radius 3 is 2.75 bits per heavy atom. The van der Waals surface area contributed by atoms with Gasteiger partial charge in [0.15, 0.2) is 17.1 Å². The number of carbonyl (C=O) groups excluding carboxylic acids is 1. The maximum absolute atomic E-state index is 12.6. The molecule has 0 saturated heterocycles. The predicted molar refractivity (Wildman–Crippen MR) is 107 cm³/mol. The number of pyridine rings is 1. The van der Waals surface area contributed by atoms with Gasteiger partial charge in [0.2, 0.25) is 0 Å². The highest BCUT2D eigenvalue weighted by Gasteiger charge is 2.11. The van der Waals surface area contributed by atoms with Crippen LogP contribution in [0.3, 0.4) is 0 Å². The van der Waals surface area contributed by atoms with Crippen LogP contribution < -0.4 is 14.8 Å². The van der Waals surface area contributed by atoms with E-state index in [9.17, 15) is 4.79 Å². The van der Waals surface area contributed by atoms with Gasteiger partial charge in [0.05, 0.1) is 7.11 Å². The Morgan fingerprint density at radius 1 is 1.18 bits per heavy atom. The quantitative estimate of drug-likeness (QED) is 0.612. The van der Waals surface area contributed by atoms with Gasteiger partial charge < -0.3 is 19.7 Å².